The summed E-state index contributed by atoms with van der Waals surface area (Å²) >= 11 is 0. The summed E-state index contributed by atoms with van der Waals surface area (Å²) in [5.41, 5.74) is 6.93. The lowest BCUT2D eigenvalue weighted by Crippen LogP contribution is -3.00. The Kier molecular flexibility index (Phi) is 5.21. The fourth-order valence-electron chi connectivity index (χ4n) is 1.22. The van der Waals surface area contributed by atoms with Crippen LogP contribution in [-0.4, -0.2) is 27.2 Å². The minimum absolute atomic E-state index is 0. The van der Waals surface area contributed by atoms with E-state index in [1.165, 1.54) is 0 Å². The monoisotopic (exact) mass is 336 g/mol. The maximum atomic E-state index is 10.7. The quantitative estimate of drug-likeness (QED) is 0.537. The number of benzene rings is 1. The second-order valence-corrected chi connectivity index (χ2v) is 4.38. The van der Waals surface area contributed by atoms with Crippen molar-refractivity contribution in [2.24, 2.45) is 5.73 Å². The van der Waals surface area contributed by atoms with Crippen LogP contribution in [0.25, 0.3) is 0 Å². The van der Waals surface area contributed by atoms with E-state index in [0.29, 0.717) is 10.2 Å². The largest absolute Gasteiger partial charge is 1.00 e. The number of aryl methyl sites for hydroxylation is 1. The number of quaternary nitrogens is 1. The third-order valence-electron chi connectivity index (χ3n) is 2.16. The Bertz CT molecular complexity index is 386. The predicted octanol–water partition coefficient (Wildman–Crippen LogP) is -1.35. The highest BCUT2D eigenvalue weighted by atomic mass is 127. The van der Waals surface area contributed by atoms with Gasteiger partial charge in [-0.05, 0) is 24.6 Å². The van der Waals surface area contributed by atoms with Crippen LogP contribution >= 0.6 is 0 Å². The molecule has 0 bridgehead atoms. The number of rotatable bonds is 2. The van der Waals surface area contributed by atoms with Gasteiger partial charge in [-0.15, -0.1) is 0 Å². The zero-order valence-electron chi connectivity index (χ0n) is 9.95. The number of carbonyl (C=O) groups excluding carboxylic acids is 1. The molecule has 1 aromatic rings. The van der Waals surface area contributed by atoms with Gasteiger partial charge in [0, 0.05) is 6.07 Å². The maximum Gasteiger partial charge on any atom is 0.409 e. The number of nitrogens with two attached hydrogens (primary N) is 1. The minimum atomic E-state index is -0.781. The summed E-state index contributed by atoms with van der Waals surface area (Å²) in [6.07, 6.45) is -0.781. The lowest BCUT2D eigenvalue weighted by molar-refractivity contribution is -0.00000845. The van der Waals surface area contributed by atoms with Crippen molar-refractivity contribution in [2.45, 2.75) is 6.92 Å². The highest BCUT2D eigenvalue weighted by Gasteiger charge is 2.15. The van der Waals surface area contributed by atoms with Crippen LogP contribution in [0.4, 0.5) is 10.5 Å². The molecule has 1 aromatic carbocycles. The molecule has 0 atom stereocenters. The van der Waals surface area contributed by atoms with Crippen LogP contribution < -0.4 is 38.9 Å². The van der Waals surface area contributed by atoms with E-state index in [2.05, 4.69) is 0 Å². The molecule has 0 radical (unpaired) electrons. The first-order chi connectivity index (χ1) is 6.80. The van der Waals surface area contributed by atoms with Crippen molar-refractivity contribution in [3.63, 3.8) is 0 Å². The fourth-order valence-corrected chi connectivity index (χ4v) is 1.22. The smallest absolute Gasteiger partial charge is 0.409 e. The number of ether oxygens (including phenoxy) is 1. The van der Waals surface area contributed by atoms with Crippen LogP contribution in [0.15, 0.2) is 18.2 Å². The molecule has 0 fully saturated rings. The second-order valence-electron chi connectivity index (χ2n) is 4.38. The van der Waals surface area contributed by atoms with Crippen LogP contribution in [0.2, 0.25) is 0 Å². The summed E-state index contributed by atoms with van der Waals surface area (Å²) in [6, 6.07) is 5.75. The maximum absolute atomic E-state index is 10.7. The molecule has 1 amide bonds. The predicted molar refractivity (Wildman–Crippen MR) is 61.0 cm³/mol. The standard InChI is InChI=1S/C11H16N2O2.HI/c1-8-5-6-9(13(2,3)4)7-10(8)15-11(12)14;/h5-7H,1-4H3,(H-,12,14);1H. The van der Waals surface area contributed by atoms with E-state index in [9.17, 15) is 4.79 Å². The molecule has 90 valence electrons. The molecule has 16 heavy (non-hydrogen) atoms. The van der Waals surface area contributed by atoms with E-state index in [1.54, 1.807) is 0 Å². The summed E-state index contributed by atoms with van der Waals surface area (Å²) in [7, 11) is 6.12. The van der Waals surface area contributed by atoms with Gasteiger partial charge >= 0.3 is 6.09 Å². The van der Waals surface area contributed by atoms with Crippen LogP contribution in [-0.2, 0) is 0 Å². The van der Waals surface area contributed by atoms with E-state index in [4.69, 9.17) is 10.5 Å². The molecular formula is C11H17IN2O2. The third-order valence-corrected chi connectivity index (χ3v) is 2.16. The van der Waals surface area contributed by atoms with Crippen molar-refractivity contribution in [3.8, 4) is 5.75 Å². The topological polar surface area (TPSA) is 52.3 Å². The molecule has 4 nitrogen and oxygen atoms in total. The first-order valence-corrected chi connectivity index (χ1v) is 4.70. The van der Waals surface area contributed by atoms with Gasteiger partial charge in [0.15, 0.2) is 0 Å². The Balaban J connectivity index is 0.00000225. The van der Waals surface area contributed by atoms with Gasteiger partial charge in [0.05, 0.1) is 21.1 Å². The van der Waals surface area contributed by atoms with Gasteiger partial charge in [0.25, 0.3) is 0 Å². The Labute approximate surface area is 113 Å². The molecule has 0 saturated heterocycles. The number of hydrogen-bond acceptors (Lipinski definition) is 2. The number of hydrogen-bond donors (Lipinski definition) is 1. The first-order valence-electron chi connectivity index (χ1n) is 4.70. The third kappa shape index (κ3) is 3.97. The molecule has 2 N–H and O–H groups in total. The number of nitrogens with zero attached hydrogens (tertiary/aromatic N) is 1. The van der Waals surface area contributed by atoms with Crippen molar-refractivity contribution in [1.29, 1.82) is 0 Å². The summed E-state index contributed by atoms with van der Waals surface area (Å²) in [4.78, 5) is 10.7. The zero-order chi connectivity index (χ0) is 11.6. The fraction of sp³-hybridized carbons (Fsp3) is 0.364. The van der Waals surface area contributed by atoms with E-state index < -0.39 is 6.09 Å². The Morgan fingerprint density at radius 2 is 1.88 bits per heavy atom. The van der Waals surface area contributed by atoms with Crippen molar-refractivity contribution in [1.82, 2.24) is 4.48 Å². The van der Waals surface area contributed by atoms with Gasteiger partial charge in [-0.2, -0.15) is 0 Å². The molecule has 1 rings (SSSR count). The van der Waals surface area contributed by atoms with E-state index in [-0.39, 0.29) is 24.0 Å². The average molecular weight is 336 g/mol. The van der Waals surface area contributed by atoms with Crippen LogP contribution in [0.1, 0.15) is 5.56 Å². The summed E-state index contributed by atoms with van der Waals surface area (Å²) in [6.45, 7) is 1.87. The molecule has 0 unspecified atom stereocenters. The van der Waals surface area contributed by atoms with Gasteiger partial charge in [0.2, 0.25) is 0 Å². The van der Waals surface area contributed by atoms with E-state index in [0.717, 1.165) is 11.3 Å². The first kappa shape index (κ1) is 15.2. The molecule has 0 aromatic heterocycles. The van der Waals surface area contributed by atoms with Gasteiger partial charge in [-0.25, -0.2) is 4.79 Å². The molecule has 0 aliphatic rings. The van der Waals surface area contributed by atoms with E-state index >= 15 is 0 Å². The average Bonchev–Trinajstić information content (AvgIpc) is 2.06. The lowest BCUT2D eigenvalue weighted by Gasteiger charge is -2.24. The Hall–Kier alpha value is -0.820. The molecule has 0 saturated carbocycles. The molecule has 0 heterocycles. The normalized spacial score (nSPS) is 10.5. The minimum Gasteiger partial charge on any atom is -1.00 e. The molecule has 5 heteroatoms. The van der Waals surface area contributed by atoms with Gasteiger partial charge in [-0.3, -0.25) is 4.48 Å². The van der Waals surface area contributed by atoms with Crippen molar-refractivity contribution in [3.05, 3.63) is 23.8 Å². The number of amides is 1. The number of halogens is 1. The lowest BCUT2D eigenvalue weighted by atomic mass is 10.2. The van der Waals surface area contributed by atoms with Crippen molar-refractivity contribution < 1.29 is 33.5 Å². The van der Waals surface area contributed by atoms with Crippen LogP contribution in [0.5, 0.6) is 5.75 Å². The summed E-state index contributed by atoms with van der Waals surface area (Å²) < 4.78 is 5.57. The van der Waals surface area contributed by atoms with Gasteiger partial charge in [0.1, 0.15) is 11.4 Å². The molecule has 0 aliphatic carbocycles. The summed E-state index contributed by atoms with van der Waals surface area (Å²) in [5.74, 6) is 0.521. The van der Waals surface area contributed by atoms with Crippen molar-refractivity contribution >= 4 is 11.8 Å². The van der Waals surface area contributed by atoms with Crippen LogP contribution in [0.3, 0.4) is 0 Å². The molecule has 0 spiro atoms. The van der Waals surface area contributed by atoms with Crippen LogP contribution in [0, 0.1) is 6.92 Å². The van der Waals surface area contributed by atoms with E-state index in [1.807, 2.05) is 46.3 Å². The van der Waals surface area contributed by atoms with Gasteiger partial charge < -0.3 is 34.4 Å². The number of primary amides is 1. The van der Waals surface area contributed by atoms with Gasteiger partial charge in [-0.1, -0.05) is 0 Å². The molecule has 0 aliphatic heterocycles. The van der Waals surface area contributed by atoms with Crippen molar-refractivity contribution in [2.75, 3.05) is 21.1 Å². The number of carbonyl (C=O) groups is 1. The Morgan fingerprint density at radius 1 is 1.31 bits per heavy atom. The highest BCUT2D eigenvalue weighted by molar-refractivity contribution is 5.69. The zero-order valence-corrected chi connectivity index (χ0v) is 12.1. The summed E-state index contributed by atoms with van der Waals surface area (Å²) in [5, 5.41) is 0. The molecular weight excluding hydrogens is 319 g/mol. The second kappa shape index (κ2) is 5.49. The SMILES string of the molecule is Cc1ccc([N+](C)(C)C)cc1OC(N)=O.[I-]. The highest BCUT2D eigenvalue weighted by Crippen LogP contribution is 2.26. The Morgan fingerprint density at radius 3 is 2.31 bits per heavy atom.